The molecule has 33 heavy (non-hydrogen) atoms. The van der Waals surface area contributed by atoms with Crippen LogP contribution in [0.4, 0.5) is 0 Å². The number of sulfonamides is 1. The van der Waals surface area contributed by atoms with Gasteiger partial charge < -0.3 is 9.88 Å². The van der Waals surface area contributed by atoms with Gasteiger partial charge in [-0.15, -0.1) is 0 Å². The zero-order valence-electron chi connectivity index (χ0n) is 17.5. The number of halogens is 1. The van der Waals surface area contributed by atoms with Gasteiger partial charge in [-0.2, -0.15) is 4.31 Å². The van der Waals surface area contributed by atoms with Crippen LogP contribution in [0.5, 0.6) is 0 Å². The van der Waals surface area contributed by atoms with Crippen molar-refractivity contribution in [1.29, 1.82) is 0 Å². The molecule has 1 saturated heterocycles. The minimum atomic E-state index is -3.70. The van der Waals surface area contributed by atoms with E-state index in [1.54, 1.807) is 53.6 Å². The fourth-order valence-corrected chi connectivity index (χ4v) is 5.53. The molecule has 4 aromatic rings. The second-order valence-corrected chi connectivity index (χ2v) is 10.1. The summed E-state index contributed by atoms with van der Waals surface area (Å²) in [6, 6.07) is 15.8. The van der Waals surface area contributed by atoms with Crippen molar-refractivity contribution in [2.45, 2.75) is 5.03 Å². The number of carbonyl (C=O) groups is 1. The lowest BCUT2D eigenvalue weighted by Crippen LogP contribution is -2.50. The maximum Gasteiger partial charge on any atom is 0.258 e. The number of amides is 1. The molecule has 0 saturated carbocycles. The molecule has 1 fully saturated rings. The Hall–Kier alpha value is -3.27. The fourth-order valence-electron chi connectivity index (χ4n) is 3.91. The molecule has 3 heterocycles. The lowest BCUT2D eigenvalue weighted by molar-refractivity contribution is 0.0698. The Morgan fingerprint density at radius 1 is 0.970 bits per heavy atom. The second kappa shape index (κ2) is 8.58. The smallest absolute Gasteiger partial charge is 0.258 e. The molecule has 2 aromatic heterocycles. The van der Waals surface area contributed by atoms with Crippen molar-refractivity contribution in [3.8, 4) is 11.3 Å². The summed E-state index contributed by atoms with van der Waals surface area (Å²) in [5.41, 5.74) is 2.93. The van der Waals surface area contributed by atoms with Crippen LogP contribution in [-0.2, 0) is 10.0 Å². The molecular weight excluding hydrogens is 462 g/mol. The molecule has 10 heteroatoms. The third-order valence-corrected chi connectivity index (χ3v) is 7.77. The molecule has 0 radical (unpaired) electrons. The van der Waals surface area contributed by atoms with Gasteiger partial charge in [0, 0.05) is 59.4 Å². The third kappa shape index (κ3) is 4.22. The number of nitrogens with zero attached hydrogens (tertiary/aromatic N) is 4. The standard InChI is InChI=1S/C23H20ClN5O3S/c24-19-5-6-21-18(13-19)14-22(27-21)33(31,32)29-11-9-28(10-12-29)23(30)17-3-1-16(2-4-17)20-7-8-25-15-26-20/h1-8,13-15,27H,9-12H2. The maximum absolute atomic E-state index is 13.1. The van der Waals surface area contributed by atoms with E-state index in [2.05, 4.69) is 15.0 Å². The van der Waals surface area contributed by atoms with Gasteiger partial charge in [0.05, 0.1) is 5.69 Å². The fraction of sp³-hybridized carbons (Fsp3) is 0.174. The van der Waals surface area contributed by atoms with Gasteiger partial charge in [0.2, 0.25) is 0 Å². The highest BCUT2D eigenvalue weighted by Gasteiger charge is 2.31. The molecule has 0 unspecified atom stereocenters. The van der Waals surface area contributed by atoms with Crippen molar-refractivity contribution in [3.63, 3.8) is 0 Å². The zero-order valence-corrected chi connectivity index (χ0v) is 19.1. The van der Waals surface area contributed by atoms with Crippen LogP contribution in [0.25, 0.3) is 22.2 Å². The van der Waals surface area contributed by atoms with Crippen molar-refractivity contribution in [3.05, 3.63) is 77.7 Å². The number of nitrogens with one attached hydrogen (secondary N) is 1. The molecule has 5 rings (SSSR count). The summed E-state index contributed by atoms with van der Waals surface area (Å²) in [4.78, 5) is 25.7. The Labute approximate surface area is 195 Å². The predicted octanol–water partition coefficient (Wildman–Crippen LogP) is 3.43. The van der Waals surface area contributed by atoms with Crippen molar-refractivity contribution in [1.82, 2.24) is 24.2 Å². The Kier molecular flexibility index (Phi) is 5.61. The summed E-state index contributed by atoms with van der Waals surface area (Å²) in [6.07, 6.45) is 3.15. The van der Waals surface area contributed by atoms with Gasteiger partial charge in [0.15, 0.2) is 0 Å². The number of rotatable bonds is 4. The number of piperazine rings is 1. The first-order chi connectivity index (χ1) is 15.9. The molecule has 0 spiro atoms. The highest BCUT2D eigenvalue weighted by Crippen LogP contribution is 2.25. The number of benzene rings is 2. The van der Waals surface area contributed by atoms with Crippen molar-refractivity contribution in [2.75, 3.05) is 26.2 Å². The van der Waals surface area contributed by atoms with Crippen LogP contribution in [0.15, 0.2) is 72.1 Å². The van der Waals surface area contributed by atoms with Crippen LogP contribution in [0.1, 0.15) is 10.4 Å². The molecule has 1 aliphatic heterocycles. The first kappa shape index (κ1) is 21.6. The number of carbonyl (C=O) groups excluding carboxylic acids is 1. The normalized spacial score (nSPS) is 15.1. The first-order valence-corrected chi connectivity index (χ1v) is 12.2. The monoisotopic (exact) mass is 481 g/mol. The average molecular weight is 482 g/mol. The van der Waals surface area contributed by atoms with Gasteiger partial charge in [-0.05, 0) is 42.5 Å². The highest BCUT2D eigenvalue weighted by molar-refractivity contribution is 7.89. The molecule has 2 aromatic carbocycles. The maximum atomic E-state index is 13.1. The summed E-state index contributed by atoms with van der Waals surface area (Å²) >= 11 is 6.01. The summed E-state index contributed by atoms with van der Waals surface area (Å²) in [5, 5.41) is 1.41. The summed E-state index contributed by atoms with van der Waals surface area (Å²) in [5.74, 6) is -0.124. The van der Waals surface area contributed by atoms with Gasteiger partial charge in [0.25, 0.3) is 15.9 Å². The number of hydrogen-bond acceptors (Lipinski definition) is 5. The SMILES string of the molecule is O=C(c1ccc(-c2ccncn2)cc1)N1CCN(S(=O)(=O)c2cc3cc(Cl)ccc3[nH]2)CC1. The molecule has 168 valence electrons. The van der Waals surface area contributed by atoms with Crippen LogP contribution >= 0.6 is 11.6 Å². The molecule has 0 atom stereocenters. The molecule has 0 aliphatic carbocycles. The van der Waals surface area contributed by atoms with Gasteiger partial charge >= 0.3 is 0 Å². The predicted molar refractivity (Wildman–Crippen MR) is 125 cm³/mol. The van der Waals surface area contributed by atoms with Crippen LogP contribution in [0.3, 0.4) is 0 Å². The average Bonchev–Trinajstić information content (AvgIpc) is 3.28. The largest absolute Gasteiger partial charge is 0.345 e. The van der Waals surface area contributed by atoms with E-state index in [1.807, 2.05) is 12.1 Å². The topological polar surface area (TPSA) is 99.3 Å². The first-order valence-electron chi connectivity index (χ1n) is 10.4. The van der Waals surface area contributed by atoms with E-state index in [1.165, 1.54) is 10.6 Å². The molecule has 1 amide bonds. The number of hydrogen-bond donors (Lipinski definition) is 1. The van der Waals surface area contributed by atoms with Crippen LogP contribution in [-0.4, -0.2) is 64.7 Å². The minimum absolute atomic E-state index is 0.124. The van der Waals surface area contributed by atoms with E-state index >= 15 is 0 Å². The number of aromatic amines is 1. The second-order valence-electron chi connectivity index (χ2n) is 7.73. The Morgan fingerprint density at radius 3 is 2.42 bits per heavy atom. The van der Waals surface area contributed by atoms with E-state index in [-0.39, 0.29) is 24.0 Å². The summed E-state index contributed by atoms with van der Waals surface area (Å²) in [6.45, 7) is 1.09. The van der Waals surface area contributed by atoms with E-state index in [0.717, 1.165) is 16.6 Å². The van der Waals surface area contributed by atoms with E-state index in [9.17, 15) is 13.2 Å². The van der Waals surface area contributed by atoms with Crippen LogP contribution < -0.4 is 0 Å². The molecule has 8 nitrogen and oxygen atoms in total. The van der Waals surface area contributed by atoms with Crippen LogP contribution in [0.2, 0.25) is 5.02 Å². The molecule has 1 N–H and O–H groups in total. The Balaban J connectivity index is 1.26. The quantitative estimate of drug-likeness (QED) is 0.481. The van der Waals surface area contributed by atoms with E-state index < -0.39 is 10.0 Å². The van der Waals surface area contributed by atoms with Crippen LogP contribution in [0, 0.1) is 0 Å². The zero-order chi connectivity index (χ0) is 23.0. The Morgan fingerprint density at radius 2 is 1.73 bits per heavy atom. The third-order valence-electron chi connectivity index (χ3n) is 5.71. The van der Waals surface area contributed by atoms with Crippen molar-refractivity contribution >= 4 is 38.4 Å². The number of H-pyrrole nitrogens is 1. The summed E-state index contributed by atoms with van der Waals surface area (Å²) in [7, 11) is -3.70. The van der Waals surface area contributed by atoms with E-state index in [4.69, 9.17) is 11.6 Å². The van der Waals surface area contributed by atoms with Crippen molar-refractivity contribution in [2.24, 2.45) is 0 Å². The summed E-state index contributed by atoms with van der Waals surface area (Å²) < 4.78 is 27.6. The molecule has 0 bridgehead atoms. The minimum Gasteiger partial charge on any atom is -0.345 e. The van der Waals surface area contributed by atoms with Crippen molar-refractivity contribution < 1.29 is 13.2 Å². The Bertz CT molecular complexity index is 1410. The van der Waals surface area contributed by atoms with Gasteiger partial charge in [-0.1, -0.05) is 23.7 Å². The van der Waals surface area contributed by atoms with Gasteiger partial charge in [0.1, 0.15) is 11.4 Å². The van der Waals surface area contributed by atoms with E-state index in [0.29, 0.717) is 29.2 Å². The lowest BCUT2D eigenvalue weighted by atomic mass is 10.1. The highest BCUT2D eigenvalue weighted by atomic mass is 35.5. The lowest BCUT2D eigenvalue weighted by Gasteiger charge is -2.33. The number of fused-ring (bicyclic) bond motifs is 1. The number of aromatic nitrogens is 3. The van der Waals surface area contributed by atoms with Gasteiger partial charge in [-0.3, -0.25) is 4.79 Å². The molecular formula is C23H20ClN5O3S. The molecule has 1 aliphatic rings. The van der Waals surface area contributed by atoms with Gasteiger partial charge in [-0.25, -0.2) is 18.4 Å².